The smallest absolute Gasteiger partial charge is 0.341 e. The van der Waals surface area contributed by atoms with Gasteiger partial charge in [0, 0.05) is 17.2 Å². The van der Waals surface area contributed by atoms with Gasteiger partial charge in [-0.05, 0) is 42.5 Å². The lowest BCUT2D eigenvalue weighted by Gasteiger charge is -2.13. The lowest BCUT2D eigenvalue weighted by Crippen LogP contribution is -2.03. The molecule has 0 radical (unpaired) electrons. The fourth-order valence-corrected chi connectivity index (χ4v) is 3.86. The SMILES string of the molecule is COC(=O)c1cc2nc(-c3ccc4c(c3)OCO4)c(-c3ccc4c(c3)OCO4)nc2cc1O. The first-order chi connectivity index (χ1) is 16.1. The summed E-state index contributed by atoms with van der Waals surface area (Å²) >= 11 is 0. The average Bonchev–Trinajstić information content (AvgIpc) is 3.50. The summed E-state index contributed by atoms with van der Waals surface area (Å²) in [5.74, 6) is 1.60. The number of phenols is 1. The number of phenolic OH excluding ortho intramolecular Hbond substituents is 1. The first kappa shape index (κ1) is 19.2. The van der Waals surface area contributed by atoms with Gasteiger partial charge in [-0.25, -0.2) is 14.8 Å². The molecule has 0 spiro atoms. The second kappa shape index (κ2) is 7.27. The fourth-order valence-electron chi connectivity index (χ4n) is 3.86. The quantitative estimate of drug-likeness (QED) is 0.470. The summed E-state index contributed by atoms with van der Waals surface area (Å²) < 4.78 is 26.7. The van der Waals surface area contributed by atoms with Crippen molar-refractivity contribution >= 4 is 17.0 Å². The van der Waals surface area contributed by atoms with Gasteiger partial charge in [-0.2, -0.15) is 0 Å². The van der Waals surface area contributed by atoms with E-state index in [0.29, 0.717) is 45.4 Å². The number of carbonyl (C=O) groups is 1. The van der Waals surface area contributed by atoms with Crippen LogP contribution in [-0.4, -0.2) is 41.7 Å². The van der Waals surface area contributed by atoms with Crippen molar-refractivity contribution in [3.63, 3.8) is 0 Å². The minimum Gasteiger partial charge on any atom is -0.507 e. The Kier molecular flexibility index (Phi) is 4.22. The summed E-state index contributed by atoms with van der Waals surface area (Å²) in [6.07, 6.45) is 0. The molecule has 1 N–H and O–H groups in total. The Bertz CT molecular complexity index is 1450. The van der Waals surface area contributed by atoms with Crippen LogP contribution in [0.15, 0.2) is 48.5 Å². The van der Waals surface area contributed by atoms with E-state index in [4.69, 9.17) is 33.7 Å². The van der Waals surface area contributed by atoms with Crippen molar-refractivity contribution in [2.45, 2.75) is 0 Å². The molecule has 1 aromatic heterocycles. The van der Waals surface area contributed by atoms with Gasteiger partial charge in [-0.15, -0.1) is 0 Å². The topological polar surface area (TPSA) is 109 Å². The molecule has 3 aromatic carbocycles. The zero-order chi connectivity index (χ0) is 22.5. The molecule has 33 heavy (non-hydrogen) atoms. The van der Waals surface area contributed by atoms with E-state index < -0.39 is 5.97 Å². The summed E-state index contributed by atoms with van der Waals surface area (Å²) in [4.78, 5) is 21.7. The molecule has 0 amide bonds. The summed E-state index contributed by atoms with van der Waals surface area (Å²) in [5.41, 5.74) is 3.45. The van der Waals surface area contributed by atoms with Gasteiger partial charge in [0.2, 0.25) is 13.6 Å². The van der Waals surface area contributed by atoms with Gasteiger partial charge in [-0.1, -0.05) is 0 Å². The number of ether oxygens (including phenoxy) is 5. The highest BCUT2D eigenvalue weighted by Crippen LogP contribution is 2.41. The number of fused-ring (bicyclic) bond motifs is 3. The number of benzene rings is 3. The maximum absolute atomic E-state index is 12.1. The van der Waals surface area contributed by atoms with Crippen molar-refractivity contribution < 1.29 is 33.6 Å². The molecule has 0 bridgehead atoms. The van der Waals surface area contributed by atoms with Gasteiger partial charge in [0.1, 0.15) is 11.3 Å². The third-order valence-electron chi connectivity index (χ3n) is 5.48. The van der Waals surface area contributed by atoms with Gasteiger partial charge in [0.25, 0.3) is 0 Å². The van der Waals surface area contributed by atoms with Gasteiger partial charge >= 0.3 is 5.97 Å². The third kappa shape index (κ3) is 3.13. The van der Waals surface area contributed by atoms with E-state index in [0.717, 1.165) is 11.1 Å². The van der Waals surface area contributed by atoms with Crippen LogP contribution < -0.4 is 18.9 Å². The molecule has 2 aliphatic heterocycles. The van der Waals surface area contributed by atoms with Gasteiger partial charge in [0.05, 0.1) is 29.5 Å². The molecule has 9 nitrogen and oxygen atoms in total. The molecule has 164 valence electrons. The molecule has 0 fully saturated rings. The summed E-state index contributed by atoms with van der Waals surface area (Å²) in [5, 5.41) is 10.4. The maximum Gasteiger partial charge on any atom is 0.341 e. The lowest BCUT2D eigenvalue weighted by molar-refractivity contribution is 0.0597. The Balaban J connectivity index is 1.60. The zero-order valence-corrected chi connectivity index (χ0v) is 17.3. The van der Waals surface area contributed by atoms with Gasteiger partial charge < -0.3 is 28.8 Å². The Morgan fingerprint density at radius 3 is 1.85 bits per heavy atom. The Morgan fingerprint density at radius 1 is 0.788 bits per heavy atom. The molecule has 9 heteroatoms. The monoisotopic (exact) mass is 444 g/mol. The highest BCUT2D eigenvalue weighted by molar-refractivity contribution is 5.98. The molecule has 0 atom stereocenters. The summed E-state index contributed by atoms with van der Waals surface area (Å²) in [7, 11) is 1.25. The van der Waals surface area contributed by atoms with Crippen molar-refractivity contribution in [3.8, 4) is 51.3 Å². The number of esters is 1. The van der Waals surface area contributed by atoms with E-state index in [-0.39, 0.29) is 24.9 Å². The van der Waals surface area contributed by atoms with Crippen molar-refractivity contribution in [1.29, 1.82) is 0 Å². The highest BCUT2D eigenvalue weighted by Gasteiger charge is 2.22. The summed E-state index contributed by atoms with van der Waals surface area (Å²) in [6, 6.07) is 13.9. The first-order valence-electron chi connectivity index (χ1n) is 10.0. The molecule has 0 saturated carbocycles. The number of aromatic nitrogens is 2. The number of methoxy groups -OCH3 is 1. The predicted molar refractivity (Wildman–Crippen MR) is 116 cm³/mol. The second-order valence-corrected chi connectivity index (χ2v) is 7.41. The van der Waals surface area contributed by atoms with E-state index in [1.165, 1.54) is 19.2 Å². The van der Waals surface area contributed by atoms with Gasteiger partial charge in [-0.3, -0.25) is 0 Å². The van der Waals surface area contributed by atoms with Crippen LogP contribution in [-0.2, 0) is 4.74 Å². The van der Waals surface area contributed by atoms with E-state index in [2.05, 4.69) is 0 Å². The van der Waals surface area contributed by atoms with Gasteiger partial charge in [0.15, 0.2) is 23.0 Å². The molecule has 2 aliphatic rings. The largest absolute Gasteiger partial charge is 0.507 e. The number of nitrogens with zero attached hydrogens (tertiary/aromatic N) is 2. The van der Waals surface area contributed by atoms with Crippen LogP contribution in [0.4, 0.5) is 0 Å². The van der Waals surface area contributed by atoms with Crippen LogP contribution in [0.2, 0.25) is 0 Å². The molecule has 0 aliphatic carbocycles. The lowest BCUT2D eigenvalue weighted by atomic mass is 10.0. The number of carbonyl (C=O) groups excluding carboxylic acids is 1. The third-order valence-corrected chi connectivity index (χ3v) is 5.48. The van der Waals surface area contributed by atoms with E-state index in [1.807, 2.05) is 36.4 Å². The minimum atomic E-state index is -0.666. The molecule has 6 rings (SSSR count). The second-order valence-electron chi connectivity index (χ2n) is 7.41. The van der Waals surface area contributed by atoms with Crippen molar-refractivity contribution in [2.24, 2.45) is 0 Å². The van der Waals surface area contributed by atoms with Crippen LogP contribution in [0.25, 0.3) is 33.5 Å². The van der Waals surface area contributed by atoms with Crippen LogP contribution in [0.5, 0.6) is 28.7 Å². The number of aromatic hydroxyl groups is 1. The normalized spacial score (nSPS) is 13.4. The summed E-state index contributed by atoms with van der Waals surface area (Å²) in [6.45, 7) is 0.306. The van der Waals surface area contributed by atoms with Crippen molar-refractivity contribution in [2.75, 3.05) is 20.7 Å². The average molecular weight is 444 g/mol. The first-order valence-corrected chi connectivity index (χ1v) is 10.0. The van der Waals surface area contributed by atoms with Crippen molar-refractivity contribution in [3.05, 3.63) is 54.1 Å². The highest BCUT2D eigenvalue weighted by atomic mass is 16.7. The molecule has 0 saturated heterocycles. The standard InChI is InChI=1S/C24H16N2O7/c1-29-24(28)14-8-15-16(9-17(14)27)26-23(13-3-5-19-21(7-13)33-11-31-19)22(25-15)12-2-4-18-20(6-12)32-10-30-18/h2-9,27H,10-11H2,1H3. The van der Waals surface area contributed by atoms with E-state index in [1.54, 1.807) is 0 Å². The number of hydrogen-bond acceptors (Lipinski definition) is 9. The van der Waals surface area contributed by atoms with E-state index >= 15 is 0 Å². The predicted octanol–water partition coefficient (Wildman–Crippen LogP) is 3.91. The van der Waals surface area contributed by atoms with Crippen LogP contribution >= 0.6 is 0 Å². The van der Waals surface area contributed by atoms with E-state index in [9.17, 15) is 9.90 Å². The van der Waals surface area contributed by atoms with Crippen LogP contribution in [0, 0.1) is 0 Å². The maximum atomic E-state index is 12.1. The van der Waals surface area contributed by atoms with Crippen LogP contribution in [0.3, 0.4) is 0 Å². The molecular formula is C24H16N2O7. The van der Waals surface area contributed by atoms with Crippen LogP contribution in [0.1, 0.15) is 10.4 Å². The molecule has 0 unspecified atom stereocenters. The molecule has 3 heterocycles. The Labute approximate surface area is 187 Å². The number of hydrogen-bond donors (Lipinski definition) is 1. The molecular weight excluding hydrogens is 428 g/mol. The Morgan fingerprint density at radius 2 is 1.30 bits per heavy atom. The minimum absolute atomic E-state index is 0.00627. The number of rotatable bonds is 3. The van der Waals surface area contributed by atoms with Crippen molar-refractivity contribution in [1.82, 2.24) is 9.97 Å². The Hall–Kier alpha value is -4.53. The fraction of sp³-hybridized carbons (Fsp3) is 0.125. The zero-order valence-electron chi connectivity index (χ0n) is 17.3. The molecule has 4 aromatic rings.